The van der Waals surface area contributed by atoms with Crippen LogP contribution < -0.4 is 18.9 Å². The molecule has 1 heterocycles. The fraction of sp³-hybridized carbons (Fsp3) is 0.345. The number of methoxy groups -OCH3 is 3. The monoisotopic (exact) mass is 553 g/mol. The number of sulfonamides is 1. The number of amides is 1. The minimum atomic E-state index is -3.61. The standard InChI is InChI=1S/C29H35N3O6S/c1-21-5-12-25(13-6-21)39(34,35)30-19-22-7-9-23(10-8-22)29(33)32-17-15-31(16-18-32)20-24-11-14-26(36-2)28(38-4)27(24)37-3/h5-14,30H,15-20H2,1-4H3. The maximum absolute atomic E-state index is 13.1. The van der Waals surface area contributed by atoms with Gasteiger partial charge >= 0.3 is 0 Å². The predicted molar refractivity (Wildman–Crippen MR) is 149 cm³/mol. The smallest absolute Gasteiger partial charge is 0.253 e. The third kappa shape index (κ3) is 6.70. The lowest BCUT2D eigenvalue weighted by molar-refractivity contribution is 0.0627. The van der Waals surface area contributed by atoms with Crippen LogP contribution >= 0.6 is 0 Å². The Morgan fingerprint density at radius 3 is 2.05 bits per heavy atom. The summed E-state index contributed by atoms with van der Waals surface area (Å²) in [7, 11) is 1.18. The molecule has 4 rings (SSSR count). The van der Waals surface area contributed by atoms with Gasteiger partial charge in [0.2, 0.25) is 15.8 Å². The summed E-state index contributed by atoms with van der Waals surface area (Å²) in [5.74, 6) is 1.79. The van der Waals surface area contributed by atoms with E-state index in [4.69, 9.17) is 14.2 Å². The van der Waals surface area contributed by atoms with Crippen LogP contribution in [0.1, 0.15) is 27.0 Å². The van der Waals surface area contributed by atoms with Crippen molar-refractivity contribution >= 4 is 15.9 Å². The van der Waals surface area contributed by atoms with Crippen molar-refractivity contribution in [1.29, 1.82) is 0 Å². The second-order valence-electron chi connectivity index (χ2n) is 9.40. The van der Waals surface area contributed by atoms with Crippen LogP contribution in [0.15, 0.2) is 65.6 Å². The molecule has 0 radical (unpaired) electrons. The number of carbonyl (C=O) groups is 1. The molecule has 0 unspecified atom stereocenters. The van der Waals surface area contributed by atoms with Gasteiger partial charge in [-0.2, -0.15) is 0 Å². The van der Waals surface area contributed by atoms with E-state index in [-0.39, 0.29) is 17.3 Å². The predicted octanol–water partition coefficient (Wildman–Crippen LogP) is 3.46. The van der Waals surface area contributed by atoms with Crippen LogP contribution in [0.3, 0.4) is 0 Å². The molecule has 1 aliphatic rings. The van der Waals surface area contributed by atoms with E-state index in [1.54, 1.807) is 69.9 Å². The summed E-state index contributed by atoms with van der Waals surface area (Å²) in [6.45, 7) is 5.37. The van der Waals surface area contributed by atoms with Crippen molar-refractivity contribution in [2.24, 2.45) is 0 Å². The topological polar surface area (TPSA) is 97.4 Å². The SMILES string of the molecule is COc1ccc(CN2CCN(C(=O)c3ccc(CNS(=O)(=O)c4ccc(C)cc4)cc3)CC2)c(OC)c1OC. The molecule has 3 aromatic rings. The van der Waals surface area contributed by atoms with Crippen molar-refractivity contribution in [3.8, 4) is 17.2 Å². The largest absolute Gasteiger partial charge is 0.493 e. The summed E-state index contributed by atoms with van der Waals surface area (Å²) in [6, 6.07) is 17.6. The Kier molecular flexibility index (Phi) is 9.11. The van der Waals surface area contributed by atoms with Gasteiger partial charge in [-0.25, -0.2) is 13.1 Å². The van der Waals surface area contributed by atoms with Gasteiger partial charge in [0.15, 0.2) is 11.5 Å². The van der Waals surface area contributed by atoms with E-state index in [1.807, 2.05) is 24.0 Å². The molecule has 1 N–H and O–H groups in total. The van der Waals surface area contributed by atoms with Crippen molar-refractivity contribution in [3.05, 3.63) is 82.9 Å². The number of ether oxygens (including phenoxy) is 3. The highest BCUT2D eigenvalue weighted by molar-refractivity contribution is 7.89. The summed E-state index contributed by atoms with van der Waals surface area (Å²) in [4.78, 5) is 17.5. The second kappa shape index (κ2) is 12.5. The van der Waals surface area contributed by atoms with Crippen molar-refractivity contribution in [1.82, 2.24) is 14.5 Å². The molecule has 0 aromatic heterocycles. The first-order valence-electron chi connectivity index (χ1n) is 12.7. The molecular weight excluding hydrogens is 518 g/mol. The van der Waals surface area contributed by atoms with E-state index in [0.29, 0.717) is 42.4 Å². The highest BCUT2D eigenvalue weighted by atomic mass is 32.2. The van der Waals surface area contributed by atoms with Gasteiger partial charge in [0.05, 0.1) is 26.2 Å². The number of hydrogen-bond donors (Lipinski definition) is 1. The molecule has 208 valence electrons. The van der Waals surface area contributed by atoms with Crippen LogP contribution in [-0.4, -0.2) is 71.6 Å². The minimum absolute atomic E-state index is 0.0369. The Hall–Kier alpha value is -3.60. The third-order valence-electron chi connectivity index (χ3n) is 6.84. The highest BCUT2D eigenvalue weighted by Crippen LogP contribution is 2.40. The molecule has 3 aromatic carbocycles. The molecule has 0 saturated carbocycles. The van der Waals surface area contributed by atoms with Crippen molar-refractivity contribution in [2.75, 3.05) is 47.5 Å². The zero-order valence-electron chi connectivity index (χ0n) is 22.8. The van der Waals surface area contributed by atoms with Crippen LogP contribution in [-0.2, 0) is 23.1 Å². The van der Waals surface area contributed by atoms with Crippen molar-refractivity contribution in [2.45, 2.75) is 24.9 Å². The Morgan fingerprint density at radius 1 is 0.821 bits per heavy atom. The maximum atomic E-state index is 13.1. The van der Waals surface area contributed by atoms with E-state index in [1.165, 1.54) is 0 Å². The first-order chi connectivity index (χ1) is 18.7. The number of carbonyl (C=O) groups excluding carboxylic acids is 1. The lowest BCUT2D eigenvalue weighted by Gasteiger charge is -2.35. The van der Waals surface area contributed by atoms with Crippen LogP contribution in [0.25, 0.3) is 0 Å². The fourth-order valence-electron chi connectivity index (χ4n) is 4.56. The number of rotatable bonds is 10. The average molecular weight is 554 g/mol. The second-order valence-corrected chi connectivity index (χ2v) is 11.2. The molecule has 0 aliphatic carbocycles. The van der Waals surface area contributed by atoms with E-state index in [2.05, 4.69) is 9.62 Å². The number of nitrogens with zero attached hydrogens (tertiary/aromatic N) is 2. The minimum Gasteiger partial charge on any atom is -0.493 e. The Balaban J connectivity index is 1.31. The number of aryl methyl sites for hydroxylation is 1. The highest BCUT2D eigenvalue weighted by Gasteiger charge is 2.24. The van der Waals surface area contributed by atoms with Gasteiger partial charge in [-0.3, -0.25) is 9.69 Å². The first-order valence-corrected chi connectivity index (χ1v) is 14.2. The third-order valence-corrected chi connectivity index (χ3v) is 8.25. The van der Waals surface area contributed by atoms with Crippen LogP contribution in [0.4, 0.5) is 0 Å². The average Bonchev–Trinajstić information content (AvgIpc) is 2.96. The number of hydrogen-bond acceptors (Lipinski definition) is 7. The van der Waals surface area contributed by atoms with Crippen LogP contribution in [0, 0.1) is 6.92 Å². The molecule has 1 amide bonds. The lowest BCUT2D eigenvalue weighted by Crippen LogP contribution is -2.48. The van der Waals surface area contributed by atoms with E-state index >= 15 is 0 Å². The van der Waals surface area contributed by atoms with E-state index in [0.717, 1.165) is 29.8 Å². The number of benzene rings is 3. The lowest BCUT2D eigenvalue weighted by atomic mass is 10.1. The molecular formula is C29H35N3O6S. The summed E-state index contributed by atoms with van der Waals surface area (Å²) in [5.41, 5.74) is 3.34. The van der Waals surface area contributed by atoms with Gasteiger partial charge in [0, 0.05) is 50.4 Å². The van der Waals surface area contributed by atoms with Gasteiger partial charge in [-0.15, -0.1) is 0 Å². The number of piperazine rings is 1. The van der Waals surface area contributed by atoms with E-state index in [9.17, 15) is 13.2 Å². The molecule has 10 heteroatoms. The van der Waals surface area contributed by atoms with Gasteiger partial charge in [-0.1, -0.05) is 35.9 Å². The Bertz CT molecular complexity index is 1380. The normalized spacial score (nSPS) is 14.2. The molecule has 1 saturated heterocycles. The molecule has 9 nitrogen and oxygen atoms in total. The zero-order chi connectivity index (χ0) is 28.0. The van der Waals surface area contributed by atoms with E-state index < -0.39 is 10.0 Å². The zero-order valence-corrected chi connectivity index (χ0v) is 23.6. The molecule has 1 aliphatic heterocycles. The van der Waals surface area contributed by atoms with Gasteiger partial charge in [0.25, 0.3) is 5.91 Å². The fourth-order valence-corrected chi connectivity index (χ4v) is 5.58. The van der Waals surface area contributed by atoms with Gasteiger partial charge in [0.1, 0.15) is 0 Å². The van der Waals surface area contributed by atoms with Crippen molar-refractivity contribution < 1.29 is 27.4 Å². The summed E-state index contributed by atoms with van der Waals surface area (Å²) in [6.07, 6.45) is 0. The van der Waals surface area contributed by atoms with Gasteiger partial charge in [-0.05, 0) is 42.8 Å². The van der Waals surface area contributed by atoms with Crippen LogP contribution in [0.2, 0.25) is 0 Å². The summed E-state index contributed by atoms with van der Waals surface area (Å²) < 4.78 is 44.2. The summed E-state index contributed by atoms with van der Waals surface area (Å²) >= 11 is 0. The molecule has 0 bridgehead atoms. The van der Waals surface area contributed by atoms with Crippen molar-refractivity contribution in [3.63, 3.8) is 0 Å². The van der Waals surface area contributed by atoms with Gasteiger partial charge < -0.3 is 19.1 Å². The molecule has 39 heavy (non-hydrogen) atoms. The number of nitrogens with one attached hydrogen (secondary N) is 1. The molecule has 0 atom stereocenters. The molecule has 1 fully saturated rings. The maximum Gasteiger partial charge on any atom is 0.253 e. The quantitative estimate of drug-likeness (QED) is 0.411. The summed E-state index contributed by atoms with van der Waals surface area (Å²) in [5, 5.41) is 0. The Morgan fingerprint density at radius 2 is 1.46 bits per heavy atom. The molecule has 0 spiro atoms. The Labute approximate surface area is 230 Å². The van der Waals surface area contributed by atoms with Crippen LogP contribution in [0.5, 0.6) is 17.2 Å². The first kappa shape index (κ1) is 28.4.